The van der Waals surface area contributed by atoms with Crippen molar-refractivity contribution >= 4 is 17.8 Å². The molecule has 7 nitrogen and oxygen atoms in total. The maximum absolute atomic E-state index is 13.4. The van der Waals surface area contributed by atoms with E-state index in [-0.39, 0.29) is 23.3 Å². The Balaban J connectivity index is 1.25. The van der Waals surface area contributed by atoms with Gasteiger partial charge in [0.2, 0.25) is 11.9 Å². The van der Waals surface area contributed by atoms with Crippen molar-refractivity contribution in [3.05, 3.63) is 53.3 Å². The van der Waals surface area contributed by atoms with E-state index in [4.69, 9.17) is 0 Å². The number of benzene rings is 1. The van der Waals surface area contributed by atoms with Crippen LogP contribution in [-0.2, 0) is 11.2 Å². The van der Waals surface area contributed by atoms with Crippen LogP contribution in [0.5, 0.6) is 0 Å². The molecule has 2 amide bonds. The predicted molar refractivity (Wildman–Crippen MR) is 132 cm³/mol. The first-order chi connectivity index (χ1) is 16.4. The third-order valence-electron chi connectivity index (χ3n) is 7.97. The molecule has 0 unspecified atom stereocenters. The average molecular weight is 462 g/mol. The van der Waals surface area contributed by atoms with Gasteiger partial charge < -0.3 is 14.7 Å². The Morgan fingerprint density at radius 3 is 2.44 bits per heavy atom. The van der Waals surface area contributed by atoms with Crippen LogP contribution in [0.1, 0.15) is 60.3 Å². The quantitative estimate of drug-likeness (QED) is 0.697. The van der Waals surface area contributed by atoms with Crippen molar-refractivity contribution in [3.8, 4) is 0 Å². The number of carbonyl (C=O) groups is 2. The van der Waals surface area contributed by atoms with E-state index in [1.165, 1.54) is 12.0 Å². The number of anilines is 1. The average Bonchev–Trinajstić information content (AvgIpc) is 3.09. The predicted octanol–water partition coefficient (Wildman–Crippen LogP) is 3.47. The molecule has 1 atom stereocenters. The van der Waals surface area contributed by atoms with Crippen molar-refractivity contribution in [2.24, 2.45) is 5.41 Å². The van der Waals surface area contributed by atoms with Gasteiger partial charge in [0.1, 0.15) is 5.69 Å². The number of rotatable bonds is 4. The molecule has 1 aromatic carbocycles. The largest absolute Gasteiger partial charge is 0.342 e. The minimum Gasteiger partial charge on any atom is -0.342 e. The molecule has 0 bridgehead atoms. The van der Waals surface area contributed by atoms with E-state index < -0.39 is 0 Å². The van der Waals surface area contributed by atoms with Crippen molar-refractivity contribution in [1.29, 1.82) is 0 Å². The first-order valence-corrected chi connectivity index (χ1v) is 12.7. The normalized spacial score (nSPS) is 22.5. The Kier molecular flexibility index (Phi) is 6.28. The molecule has 0 radical (unpaired) electrons. The summed E-state index contributed by atoms with van der Waals surface area (Å²) < 4.78 is 0. The fourth-order valence-electron chi connectivity index (χ4n) is 5.93. The van der Waals surface area contributed by atoms with Gasteiger partial charge >= 0.3 is 0 Å². The molecule has 1 spiro atoms. The Bertz CT molecular complexity index is 1040. The molecule has 34 heavy (non-hydrogen) atoms. The Morgan fingerprint density at radius 2 is 1.74 bits per heavy atom. The Hall–Kier alpha value is -2.96. The topological polar surface area (TPSA) is 69.6 Å². The van der Waals surface area contributed by atoms with Crippen LogP contribution < -0.4 is 4.90 Å². The molecule has 2 aromatic rings. The number of likely N-dealkylation sites (tertiary alicyclic amines) is 2. The number of hydrogen-bond donors (Lipinski definition) is 0. The molecule has 3 saturated heterocycles. The van der Waals surface area contributed by atoms with Gasteiger partial charge in [0, 0.05) is 45.0 Å². The smallest absolute Gasteiger partial charge is 0.272 e. The summed E-state index contributed by atoms with van der Waals surface area (Å²) in [5.74, 6) is 0.872. The van der Waals surface area contributed by atoms with Gasteiger partial charge in [0.25, 0.3) is 5.91 Å². The fourth-order valence-corrected chi connectivity index (χ4v) is 5.93. The highest BCUT2D eigenvalue weighted by Crippen LogP contribution is 2.44. The highest BCUT2D eigenvalue weighted by Gasteiger charge is 2.51. The first kappa shape index (κ1) is 22.8. The van der Waals surface area contributed by atoms with E-state index in [1.54, 1.807) is 6.07 Å². The Morgan fingerprint density at radius 1 is 1.03 bits per heavy atom. The van der Waals surface area contributed by atoms with Gasteiger partial charge in [-0.2, -0.15) is 0 Å². The van der Waals surface area contributed by atoms with Crippen molar-refractivity contribution in [2.45, 2.75) is 57.9 Å². The molecule has 5 rings (SSSR count). The summed E-state index contributed by atoms with van der Waals surface area (Å²) in [5.41, 5.74) is 2.22. The molecule has 0 N–H and O–H groups in total. The molecule has 1 aromatic heterocycles. The summed E-state index contributed by atoms with van der Waals surface area (Å²) in [6, 6.07) is 12.4. The van der Waals surface area contributed by atoms with Gasteiger partial charge in [-0.1, -0.05) is 30.3 Å². The van der Waals surface area contributed by atoms with Crippen LogP contribution in [0.2, 0.25) is 0 Å². The second-order valence-electron chi connectivity index (χ2n) is 10.3. The third-order valence-corrected chi connectivity index (χ3v) is 7.97. The van der Waals surface area contributed by atoms with Crippen molar-refractivity contribution in [3.63, 3.8) is 0 Å². The lowest BCUT2D eigenvalue weighted by atomic mass is 9.75. The summed E-state index contributed by atoms with van der Waals surface area (Å²) in [4.78, 5) is 41.9. The van der Waals surface area contributed by atoms with Crippen LogP contribution in [0, 0.1) is 12.3 Å². The van der Waals surface area contributed by atoms with Crippen LogP contribution in [0.15, 0.2) is 36.4 Å². The molecule has 3 fully saturated rings. The lowest BCUT2D eigenvalue weighted by Crippen LogP contribution is -2.46. The molecule has 180 valence electrons. The highest BCUT2D eigenvalue weighted by molar-refractivity contribution is 5.93. The summed E-state index contributed by atoms with van der Waals surface area (Å²) >= 11 is 0. The second-order valence-corrected chi connectivity index (χ2v) is 10.3. The van der Waals surface area contributed by atoms with Gasteiger partial charge in [-0.05, 0) is 63.5 Å². The maximum atomic E-state index is 13.4. The van der Waals surface area contributed by atoms with Crippen LogP contribution in [-0.4, -0.2) is 70.9 Å². The molecule has 0 saturated carbocycles. The lowest BCUT2D eigenvalue weighted by molar-refractivity contribution is -0.137. The first-order valence-electron chi connectivity index (χ1n) is 12.7. The van der Waals surface area contributed by atoms with Crippen molar-refractivity contribution in [1.82, 2.24) is 19.8 Å². The molecule has 3 aliphatic rings. The monoisotopic (exact) mass is 461 g/mol. The van der Waals surface area contributed by atoms with Gasteiger partial charge in [-0.25, -0.2) is 9.97 Å². The summed E-state index contributed by atoms with van der Waals surface area (Å²) in [6.07, 6.45) is 6.71. The SMILES string of the molecule is Cc1cc(C(=O)N2CCC3(CC2)C[C@H](Cc2ccccc2)N(C)C3=O)nc(N2CCCCC2)n1. The number of nitrogens with zero attached hydrogens (tertiary/aromatic N) is 5. The van der Waals surface area contributed by atoms with Gasteiger partial charge in [0.05, 0.1) is 5.41 Å². The van der Waals surface area contributed by atoms with Crippen LogP contribution >= 0.6 is 0 Å². The summed E-state index contributed by atoms with van der Waals surface area (Å²) in [6.45, 7) is 5.01. The number of amides is 2. The number of carbonyl (C=O) groups excluding carboxylic acids is 2. The van der Waals surface area contributed by atoms with E-state index in [2.05, 4.69) is 39.1 Å². The molecule has 4 heterocycles. The van der Waals surface area contributed by atoms with E-state index >= 15 is 0 Å². The minimum atomic E-state index is -0.342. The van der Waals surface area contributed by atoms with Crippen LogP contribution in [0.25, 0.3) is 0 Å². The standard InChI is InChI=1S/C27H35N5O2/c1-20-17-23(29-26(28-20)32-13-7-4-8-14-32)24(33)31-15-11-27(12-16-31)19-22(30(2)25(27)34)18-21-9-5-3-6-10-21/h3,5-6,9-10,17,22H,4,7-8,11-16,18-19H2,1-2H3/t22-/m0/s1. The number of likely N-dealkylation sites (N-methyl/N-ethyl adjacent to an activating group) is 1. The minimum absolute atomic E-state index is 0.0433. The van der Waals surface area contributed by atoms with Gasteiger partial charge in [0.15, 0.2) is 0 Å². The van der Waals surface area contributed by atoms with E-state index in [1.807, 2.05) is 29.8 Å². The number of aryl methyl sites for hydroxylation is 1. The second kappa shape index (κ2) is 9.35. The number of aromatic nitrogens is 2. The summed E-state index contributed by atoms with van der Waals surface area (Å²) in [5, 5.41) is 0. The zero-order chi connectivity index (χ0) is 23.7. The van der Waals surface area contributed by atoms with Gasteiger partial charge in [-0.3, -0.25) is 9.59 Å². The van der Waals surface area contributed by atoms with Crippen LogP contribution in [0.4, 0.5) is 5.95 Å². The molecule has 7 heteroatoms. The number of hydrogen-bond acceptors (Lipinski definition) is 5. The van der Waals surface area contributed by atoms with Crippen molar-refractivity contribution < 1.29 is 9.59 Å². The van der Waals surface area contributed by atoms with E-state index in [0.717, 1.165) is 57.3 Å². The lowest BCUT2D eigenvalue weighted by Gasteiger charge is -2.37. The molecule has 3 aliphatic heterocycles. The zero-order valence-electron chi connectivity index (χ0n) is 20.4. The van der Waals surface area contributed by atoms with Crippen molar-refractivity contribution in [2.75, 3.05) is 38.1 Å². The molecular formula is C27H35N5O2. The zero-order valence-corrected chi connectivity index (χ0v) is 20.4. The number of piperidine rings is 2. The van der Waals surface area contributed by atoms with E-state index in [0.29, 0.717) is 24.7 Å². The van der Waals surface area contributed by atoms with Gasteiger partial charge in [-0.15, -0.1) is 0 Å². The Labute approximate surface area is 202 Å². The fraction of sp³-hybridized carbons (Fsp3) is 0.556. The highest BCUT2D eigenvalue weighted by atomic mass is 16.2. The van der Waals surface area contributed by atoms with E-state index in [9.17, 15) is 9.59 Å². The van der Waals surface area contributed by atoms with Crippen LogP contribution in [0.3, 0.4) is 0 Å². The third kappa shape index (κ3) is 4.40. The summed E-state index contributed by atoms with van der Waals surface area (Å²) in [7, 11) is 1.94. The molecule has 0 aliphatic carbocycles. The maximum Gasteiger partial charge on any atom is 0.272 e. The molecular weight excluding hydrogens is 426 g/mol.